The zero-order chi connectivity index (χ0) is 19.9. The maximum atomic E-state index is 13.8. The van der Waals surface area contributed by atoms with Gasteiger partial charge in [0.25, 0.3) is 3.79 Å². The number of para-hydroxylation sites is 2. The summed E-state index contributed by atoms with van der Waals surface area (Å²) in [4.78, 5) is 6.84. The molecule has 1 aromatic rings. The molecule has 0 aromatic heterocycles. The number of alkyl halides is 6. The predicted octanol–water partition coefficient (Wildman–Crippen LogP) is 4.08. The van der Waals surface area contributed by atoms with Gasteiger partial charge in [0.05, 0.1) is 0 Å². The number of hydrogen-bond acceptors (Lipinski definition) is 4. The van der Waals surface area contributed by atoms with E-state index in [1.165, 1.54) is 12.1 Å². The van der Waals surface area contributed by atoms with Crippen molar-refractivity contribution in [1.82, 2.24) is 9.80 Å². The Morgan fingerprint density at radius 2 is 1.59 bits per heavy atom. The molecule has 3 rings (SSSR count). The van der Waals surface area contributed by atoms with E-state index in [2.05, 4.69) is 4.99 Å². The highest BCUT2D eigenvalue weighted by Crippen LogP contribution is 2.51. The van der Waals surface area contributed by atoms with Crippen molar-refractivity contribution in [2.45, 2.75) is 22.8 Å². The van der Waals surface area contributed by atoms with Crippen LogP contribution in [0.4, 0.5) is 13.2 Å². The normalized spacial score (nSPS) is 20.9. The van der Waals surface area contributed by atoms with E-state index in [0.717, 1.165) is 11.4 Å². The van der Waals surface area contributed by atoms with Gasteiger partial charge in [-0.3, -0.25) is 0 Å². The van der Waals surface area contributed by atoms with E-state index in [4.69, 9.17) is 44.3 Å². The summed E-state index contributed by atoms with van der Waals surface area (Å²) >= 11 is 17.8. The quantitative estimate of drug-likeness (QED) is 0.390. The van der Waals surface area contributed by atoms with Gasteiger partial charge in [-0.05, 0) is 18.7 Å². The molecule has 11 heteroatoms. The van der Waals surface area contributed by atoms with Crippen LogP contribution in [0.3, 0.4) is 0 Å². The Morgan fingerprint density at radius 1 is 1.07 bits per heavy atom. The lowest BCUT2D eigenvalue weighted by molar-refractivity contribution is -0.0906. The zero-order valence-corrected chi connectivity index (χ0v) is 16.5. The molecule has 1 saturated heterocycles. The monoisotopic (exact) mass is 445 g/mol. The molecule has 0 aliphatic carbocycles. The van der Waals surface area contributed by atoms with Crippen LogP contribution in [0.1, 0.15) is 6.92 Å². The Balaban J connectivity index is 1.99. The van der Waals surface area contributed by atoms with E-state index in [9.17, 15) is 13.2 Å². The van der Waals surface area contributed by atoms with E-state index < -0.39 is 21.7 Å². The van der Waals surface area contributed by atoms with E-state index in [0.29, 0.717) is 13.1 Å². The van der Waals surface area contributed by atoms with Gasteiger partial charge in [0.2, 0.25) is 5.84 Å². The Kier molecular flexibility index (Phi) is 5.65. The van der Waals surface area contributed by atoms with Crippen molar-refractivity contribution in [2.24, 2.45) is 4.99 Å². The number of benzene rings is 1. The van der Waals surface area contributed by atoms with Gasteiger partial charge in [-0.15, -0.1) is 0 Å². The second-order valence-electron chi connectivity index (χ2n) is 6.08. The molecule has 27 heavy (non-hydrogen) atoms. The third-order valence-electron chi connectivity index (χ3n) is 4.33. The zero-order valence-electron chi connectivity index (χ0n) is 14.3. The van der Waals surface area contributed by atoms with E-state index in [-0.39, 0.29) is 24.6 Å². The number of aliphatic imine (C=N–C) groups is 1. The minimum Gasteiger partial charge on any atom is -0.427 e. The lowest BCUT2D eigenvalue weighted by atomic mass is 10.3. The van der Waals surface area contributed by atoms with Gasteiger partial charge in [-0.1, -0.05) is 53.9 Å². The van der Waals surface area contributed by atoms with Crippen molar-refractivity contribution in [3.05, 3.63) is 24.3 Å². The van der Waals surface area contributed by atoms with Crippen LogP contribution in [0.5, 0.6) is 11.5 Å². The van der Waals surface area contributed by atoms with Crippen LogP contribution < -0.4 is 9.47 Å². The predicted molar refractivity (Wildman–Crippen MR) is 97.9 cm³/mol. The smallest absolute Gasteiger partial charge is 0.427 e. The molecule has 0 N–H and O–H groups in total. The van der Waals surface area contributed by atoms with Gasteiger partial charge >= 0.3 is 12.1 Å². The number of nitrogens with zero attached hydrogens (tertiary/aromatic N) is 3. The number of likely N-dealkylation sites (N-methyl/N-ethyl adjacent to an activating group) is 1. The number of rotatable bonds is 2. The molecular weight excluding hydrogens is 430 g/mol. The minimum absolute atomic E-state index is 0.134. The molecule has 1 fully saturated rings. The van der Waals surface area contributed by atoms with Crippen molar-refractivity contribution in [2.75, 3.05) is 32.7 Å². The van der Waals surface area contributed by atoms with Gasteiger partial charge in [0, 0.05) is 26.2 Å². The summed E-state index contributed by atoms with van der Waals surface area (Å²) in [5, 5.41) is 0. The molecule has 1 aromatic carbocycles. The van der Waals surface area contributed by atoms with Crippen LogP contribution in [-0.2, 0) is 0 Å². The summed E-state index contributed by atoms with van der Waals surface area (Å²) in [6, 6.07) is 6.23. The summed E-state index contributed by atoms with van der Waals surface area (Å²) in [5.74, 6) is -3.39. The number of amidine groups is 1. The first-order valence-electron chi connectivity index (χ1n) is 8.24. The molecule has 0 amide bonds. The highest BCUT2D eigenvalue weighted by molar-refractivity contribution is 6.68. The average Bonchev–Trinajstić information content (AvgIpc) is 2.98. The summed E-state index contributed by atoms with van der Waals surface area (Å²) in [5.41, 5.74) is 0. The summed E-state index contributed by atoms with van der Waals surface area (Å²) in [6.07, 6.45) is -4.78. The molecule has 0 unspecified atom stereocenters. The number of ether oxygens (including phenoxy) is 2. The van der Waals surface area contributed by atoms with Crippen LogP contribution in [0.25, 0.3) is 0 Å². The number of piperazine rings is 1. The van der Waals surface area contributed by atoms with Crippen molar-refractivity contribution in [3.8, 4) is 11.5 Å². The standard InChI is InChI=1S/C16H17Cl3F3N3O2/c1-2-24-7-9-25(10-8-24)13(14(20,21)22)23-16(15(17,18)19)26-11-5-3-4-6-12(11)27-16/h3-6H,2,7-10H2,1H3/b23-13+. The fourth-order valence-electron chi connectivity index (χ4n) is 2.89. The summed E-state index contributed by atoms with van der Waals surface area (Å²) in [6.45, 7) is 3.91. The average molecular weight is 447 g/mol. The molecule has 0 atom stereocenters. The minimum atomic E-state index is -4.78. The second kappa shape index (κ2) is 7.39. The first-order chi connectivity index (χ1) is 12.6. The summed E-state index contributed by atoms with van der Waals surface area (Å²) in [7, 11) is 0. The lowest BCUT2D eigenvalue weighted by Crippen LogP contribution is -2.56. The van der Waals surface area contributed by atoms with Gasteiger partial charge in [-0.25, -0.2) is 0 Å². The topological polar surface area (TPSA) is 37.3 Å². The molecule has 2 heterocycles. The SMILES string of the molecule is CCN1CCN(/C(=N/C2(C(Cl)(Cl)Cl)Oc3ccccc3O2)C(F)(F)F)CC1. The van der Waals surface area contributed by atoms with Crippen LogP contribution >= 0.6 is 34.8 Å². The second-order valence-corrected chi connectivity index (χ2v) is 8.37. The largest absolute Gasteiger partial charge is 0.449 e. The van der Waals surface area contributed by atoms with Crippen molar-refractivity contribution in [1.29, 1.82) is 0 Å². The van der Waals surface area contributed by atoms with E-state index in [1.54, 1.807) is 12.1 Å². The maximum Gasteiger partial charge on any atom is 0.449 e. The molecule has 0 radical (unpaired) electrons. The van der Waals surface area contributed by atoms with Gasteiger partial charge < -0.3 is 19.3 Å². The van der Waals surface area contributed by atoms with E-state index >= 15 is 0 Å². The van der Waals surface area contributed by atoms with E-state index in [1.807, 2.05) is 11.8 Å². The fraction of sp³-hybridized carbons (Fsp3) is 0.562. The third kappa shape index (κ3) is 4.18. The van der Waals surface area contributed by atoms with Crippen LogP contribution in [0.2, 0.25) is 0 Å². The Morgan fingerprint density at radius 3 is 2.00 bits per heavy atom. The molecule has 0 saturated carbocycles. The van der Waals surface area contributed by atoms with Crippen LogP contribution in [0.15, 0.2) is 29.3 Å². The van der Waals surface area contributed by atoms with Crippen molar-refractivity contribution >= 4 is 40.6 Å². The van der Waals surface area contributed by atoms with Gasteiger partial charge in [0.15, 0.2) is 11.5 Å². The highest BCUT2D eigenvalue weighted by Gasteiger charge is 2.60. The first kappa shape index (κ1) is 20.6. The Hall–Kier alpha value is -1.09. The lowest BCUT2D eigenvalue weighted by Gasteiger charge is -2.38. The number of hydrogen-bond donors (Lipinski definition) is 0. The number of halogens is 6. The fourth-order valence-corrected chi connectivity index (χ4v) is 3.25. The highest BCUT2D eigenvalue weighted by atomic mass is 35.6. The third-order valence-corrected chi connectivity index (χ3v) is 5.05. The van der Waals surface area contributed by atoms with Crippen molar-refractivity contribution in [3.63, 3.8) is 0 Å². The van der Waals surface area contributed by atoms with Crippen LogP contribution in [0, 0.1) is 0 Å². The van der Waals surface area contributed by atoms with Crippen LogP contribution in [-0.4, -0.2) is 64.2 Å². The van der Waals surface area contributed by atoms with Gasteiger partial charge in [-0.2, -0.15) is 18.2 Å². The number of fused-ring (bicyclic) bond motifs is 1. The molecule has 0 spiro atoms. The summed E-state index contributed by atoms with van der Waals surface area (Å²) < 4.78 is 49.9. The Bertz CT molecular complexity index is 692. The molecule has 5 nitrogen and oxygen atoms in total. The molecule has 2 aliphatic rings. The molecule has 150 valence electrons. The molecular formula is C16H17Cl3F3N3O2. The van der Waals surface area contributed by atoms with Gasteiger partial charge in [0.1, 0.15) is 0 Å². The first-order valence-corrected chi connectivity index (χ1v) is 9.37. The Labute approximate surface area is 169 Å². The molecule has 0 bridgehead atoms. The molecule has 2 aliphatic heterocycles. The van der Waals surface area contributed by atoms with Crippen molar-refractivity contribution < 1.29 is 22.6 Å². The maximum absolute atomic E-state index is 13.8.